The molecule has 0 saturated heterocycles. The van der Waals surface area contributed by atoms with Crippen LogP contribution in [-0.4, -0.2) is 8.42 Å². The highest BCUT2D eigenvalue weighted by atomic mass is 32.2. The molecule has 1 N–H and O–H groups in total. The number of sulfonamides is 1. The molecule has 1 aromatic carbocycles. The van der Waals surface area contributed by atoms with E-state index < -0.39 is 10.0 Å². The number of fused-ring (bicyclic) bond motifs is 3. The first-order chi connectivity index (χ1) is 11.4. The van der Waals surface area contributed by atoms with Crippen LogP contribution in [0.3, 0.4) is 0 Å². The van der Waals surface area contributed by atoms with E-state index in [4.69, 9.17) is 4.42 Å². The van der Waals surface area contributed by atoms with Crippen LogP contribution in [0.1, 0.15) is 30.2 Å². The Kier molecular flexibility index (Phi) is 3.69. The van der Waals surface area contributed by atoms with E-state index in [1.165, 1.54) is 16.9 Å². The van der Waals surface area contributed by atoms with Crippen molar-refractivity contribution in [3.05, 3.63) is 46.5 Å². The SMILES string of the molecule is Cc1cc2oc3c(c2cc1NS(=O)(=O)c1cccs1)C[C@@H](C)CC3. The van der Waals surface area contributed by atoms with E-state index in [1.807, 2.05) is 19.1 Å². The van der Waals surface area contributed by atoms with Gasteiger partial charge >= 0.3 is 0 Å². The highest BCUT2D eigenvalue weighted by molar-refractivity contribution is 7.94. The molecule has 0 fully saturated rings. The summed E-state index contributed by atoms with van der Waals surface area (Å²) in [4.78, 5) is 0. The van der Waals surface area contributed by atoms with Gasteiger partial charge in [-0.25, -0.2) is 8.42 Å². The number of rotatable bonds is 3. The van der Waals surface area contributed by atoms with Crippen molar-refractivity contribution < 1.29 is 12.8 Å². The minimum absolute atomic E-state index is 0.324. The molecule has 2 heterocycles. The quantitative estimate of drug-likeness (QED) is 0.734. The first kappa shape index (κ1) is 15.7. The van der Waals surface area contributed by atoms with Gasteiger partial charge in [0.2, 0.25) is 0 Å². The molecule has 126 valence electrons. The van der Waals surface area contributed by atoms with Crippen LogP contribution in [0, 0.1) is 12.8 Å². The molecule has 0 bridgehead atoms. The van der Waals surface area contributed by atoms with Crippen molar-refractivity contribution >= 4 is 38.0 Å². The number of nitrogens with one attached hydrogen (secondary N) is 1. The van der Waals surface area contributed by atoms with E-state index >= 15 is 0 Å². The molecule has 0 radical (unpaired) electrons. The number of furan rings is 1. The van der Waals surface area contributed by atoms with Gasteiger partial charge in [-0.15, -0.1) is 11.3 Å². The second-order valence-electron chi connectivity index (χ2n) is 6.55. The fourth-order valence-electron chi connectivity index (χ4n) is 3.32. The molecule has 0 amide bonds. The summed E-state index contributed by atoms with van der Waals surface area (Å²) in [5.74, 6) is 1.69. The van der Waals surface area contributed by atoms with Crippen LogP contribution in [0.5, 0.6) is 0 Å². The number of aryl methyl sites for hydroxylation is 2. The third kappa shape index (κ3) is 2.63. The van der Waals surface area contributed by atoms with E-state index in [0.717, 1.165) is 41.6 Å². The van der Waals surface area contributed by atoms with Gasteiger partial charge in [-0.3, -0.25) is 4.72 Å². The van der Waals surface area contributed by atoms with Crippen molar-refractivity contribution in [3.8, 4) is 0 Å². The fraction of sp³-hybridized carbons (Fsp3) is 0.333. The van der Waals surface area contributed by atoms with Crippen LogP contribution in [0.2, 0.25) is 0 Å². The molecule has 2 aromatic heterocycles. The van der Waals surface area contributed by atoms with Crippen molar-refractivity contribution in [2.45, 2.75) is 37.3 Å². The smallest absolute Gasteiger partial charge is 0.271 e. The first-order valence-electron chi connectivity index (χ1n) is 8.05. The van der Waals surface area contributed by atoms with E-state index in [-0.39, 0.29) is 0 Å². The molecule has 1 atom stereocenters. The van der Waals surface area contributed by atoms with Crippen molar-refractivity contribution in [2.75, 3.05) is 4.72 Å². The molecule has 4 nitrogen and oxygen atoms in total. The first-order valence-corrected chi connectivity index (χ1v) is 10.4. The molecule has 1 aliphatic carbocycles. The van der Waals surface area contributed by atoms with E-state index in [1.54, 1.807) is 17.5 Å². The Bertz CT molecular complexity index is 1000. The van der Waals surface area contributed by atoms with Crippen molar-refractivity contribution in [2.24, 2.45) is 5.92 Å². The molecule has 1 aliphatic rings. The largest absolute Gasteiger partial charge is 0.461 e. The predicted octanol–water partition coefficient (Wildman–Crippen LogP) is 4.73. The lowest BCUT2D eigenvalue weighted by Gasteiger charge is -2.16. The molecular weight excluding hydrogens is 342 g/mol. The number of benzene rings is 1. The van der Waals surface area contributed by atoms with Crippen LogP contribution in [0.15, 0.2) is 38.3 Å². The minimum atomic E-state index is -3.54. The Morgan fingerprint density at radius 1 is 1.33 bits per heavy atom. The summed E-state index contributed by atoms with van der Waals surface area (Å²) in [6, 6.07) is 7.21. The van der Waals surface area contributed by atoms with Gasteiger partial charge in [0.25, 0.3) is 10.0 Å². The third-order valence-corrected chi connectivity index (χ3v) is 7.41. The zero-order valence-electron chi connectivity index (χ0n) is 13.6. The molecule has 6 heteroatoms. The molecule has 0 saturated carbocycles. The predicted molar refractivity (Wildman–Crippen MR) is 97.3 cm³/mol. The molecule has 0 aliphatic heterocycles. The maximum Gasteiger partial charge on any atom is 0.271 e. The van der Waals surface area contributed by atoms with E-state index in [0.29, 0.717) is 15.8 Å². The third-order valence-electron chi connectivity index (χ3n) is 4.64. The molecule has 24 heavy (non-hydrogen) atoms. The average molecular weight is 361 g/mol. The Morgan fingerprint density at radius 2 is 2.17 bits per heavy atom. The number of hydrogen-bond acceptors (Lipinski definition) is 4. The van der Waals surface area contributed by atoms with E-state index in [2.05, 4.69) is 11.6 Å². The number of anilines is 1. The topological polar surface area (TPSA) is 59.3 Å². The molecular formula is C18H19NO3S2. The Labute approximate surface area is 145 Å². The normalized spacial score (nSPS) is 17.8. The molecule has 4 rings (SSSR count). The van der Waals surface area contributed by atoms with Crippen LogP contribution in [0.4, 0.5) is 5.69 Å². The van der Waals surface area contributed by atoms with Crippen molar-refractivity contribution in [1.29, 1.82) is 0 Å². The summed E-state index contributed by atoms with van der Waals surface area (Å²) < 4.78 is 34.1. The lowest BCUT2D eigenvalue weighted by molar-refractivity contribution is 0.438. The van der Waals surface area contributed by atoms with Crippen LogP contribution >= 0.6 is 11.3 Å². The average Bonchev–Trinajstić information content (AvgIpc) is 3.16. The van der Waals surface area contributed by atoms with Crippen LogP contribution < -0.4 is 4.72 Å². The summed E-state index contributed by atoms with van der Waals surface area (Å²) in [5.41, 5.74) is 3.57. The van der Waals surface area contributed by atoms with Gasteiger partial charge in [0.15, 0.2) is 0 Å². The standard InChI is InChI=1S/C18H19NO3S2/c1-11-5-6-16-13(8-11)14-10-15(12(2)9-17(14)22-16)19-24(20,21)18-4-3-7-23-18/h3-4,7,9-11,19H,5-6,8H2,1-2H3/t11-/m0/s1. The van der Waals surface area contributed by atoms with Crippen molar-refractivity contribution in [3.63, 3.8) is 0 Å². The maximum absolute atomic E-state index is 12.5. The van der Waals surface area contributed by atoms with Crippen molar-refractivity contribution in [1.82, 2.24) is 0 Å². The van der Waals surface area contributed by atoms with Crippen LogP contribution in [-0.2, 0) is 22.9 Å². The van der Waals surface area contributed by atoms with Gasteiger partial charge in [0.05, 0.1) is 5.69 Å². The van der Waals surface area contributed by atoms with Crippen LogP contribution in [0.25, 0.3) is 11.0 Å². The number of hydrogen-bond donors (Lipinski definition) is 1. The van der Waals surface area contributed by atoms with Gasteiger partial charge in [-0.2, -0.15) is 0 Å². The molecule has 0 unspecified atom stereocenters. The van der Waals surface area contributed by atoms with Gasteiger partial charge < -0.3 is 4.42 Å². The second kappa shape index (κ2) is 5.63. The monoisotopic (exact) mass is 361 g/mol. The summed E-state index contributed by atoms with van der Waals surface area (Å²) in [5, 5.41) is 2.80. The summed E-state index contributed by atoms with van der Waals surface area (Å²) >= 11 is 1.21. The molecule has 0 spiro atoms. The van der Waals surface area contributed by atoms with Gasteiger partial charge in [0.1, 0.15) is 15.6 Å². The van der Waals surface area contributed by atoms with E-state index in [9.17, 15) is 8.42 Å². The van der Waals surface area contributed by atoms with Gasteiger partial charge in [0, 0.05) is 17.4 Å². The fourth-order valence-corrected chi connectivity index (χ4v) is 5.44. The summed E-state index contributed by atoms with van der Waals surface area (Å²) in [6.07, 6.45) is 3.09. The second-order valence-corrected chi connectivity index (χ2v) is 9.41. The zero-order valence-corrected chi connectivity index (χ0v) is 15.3. The maximum atomic E-state index is 12.5. The highest BCUT2D eigenvalue weighted by Crippen LogP contribution is 2.37. The summed E-state index contributed by atoms with van der Waals surface area (Å²) in [6.45, 7) is 4.15. The Morgan fingerprint density at radius 3 is 2.92 bits per heavy atom. The lowest BCUT2D eigenvalue weighted by atomic mass is 9.88. The van der Waals surface area contributed by atoms with Gasteiger partial charge in [-0.05, 0) is 54.8 Å². The highest BCUT2D eigenvalue weighted by Gasteiger charge is 2.23. The Balaban J connectivity index is 1.79. The number of thiophene rings is 1. The summed E-state index contributed by atoms with van der Waals surface area (Å²) in [7, 11) is -3.54. The Hall–Kier alpha value is -1.79. The lowest BCUT2D eigenvalue weighted by Crippen LogP contribution is -2.12. The van der Waals surface area contributed by atoms with Gasteiger partial charge in [-0.1, -0.05) is 13.0 Å². The zero-order chi connectivity index (χ0) is 16.9. The molecule has 3 aromatic rings. The minimum Gasteiger partial charge on any atom is -0.461 e.